The van der Waals surface area contributed by atoms with Crippen molar-refractivity contribution in [3.05, 3.63) is 65.2 Å². The Bertz CT molecular complexity index is 1450. The Morgan fingerprint density at radius 3 is 2.61 bits per heavy atom. The fraction of sp³-hybridized carbons (Fsp3) is 0.0476. The van der Waals surface area contributed by atoms with Crippen LogP contribution >= 0.6 is 11.6 Å². The molecule has 0 fully saturated rings. The van der Waals surface area contributed by atoms with Gasteiger partial charge in [-0.15, -0.1) is 0 Å². The average molecular weight is 456 g/mol. The van der Waals surface area contributed by atoms with Gasteiger partial charge < -0.3 is 15.8 Å². The molecule has 1 aromatic heterocycles. The first-order valence-corrected chi connectivity index (χ1v) is 11.3. The Morgan fingerprint density at radius 1 is 1.16 bits per heavy atom. The van der Waals surface area contributed by atoms with Gasteiger partial charge in [0.15, 0.2) is 0 Å². The molecule has 4 aromatic rings. The number of sulfonamides is 1. The number of anilines is 1. The summed E-state index contributed by atoms with van der Waals surface area (Å²) in [5, 5.41) is 18.9. The van der Waals surface area contributed by atoms with Crippen LogP contribution in [-0.4, -0.2) is 35.6 Å². The van der Waals surface area contributed by atoms with E-state index in [9.17, 15) is 13.5 Å². The van der Waals surface area contributed by atoms with Gasteiger partial charge in [0.2, 0.25) is 10.0 Å². The van der Waals surface area contributed by atoms with E-state index in [0.29, 0.717) is 49.8 Å². The Balaban J connectivity index is 1.83. The molecule has 0 radical (unpaired) electrons. The summed E-state index contributed by atoms with van der Waals surface area (Å²) in [6.07, 6.45) is 1.06. The number of rotatable bonds is 5. The number of aromatic amines is 1. The van der Waals surface area contributed by atoms with E-state index in [1.165, 1.54) is 0 Å². The fourth-order valence-corrected chi connectivity index (χ4v) is 4.04. The van der Waals surface area contributed by atoms with Gasteiger partial charge in [0, 0.05) is 21.8 Å². The van der Waals surface area contributed by atoms with Crippen molar-refractivity contribution < 1.29 is 13.5 Å². The van der Waals surface area contributed by atoms with Crippen LogP contribution in [0.1, 0.15) is 5.56 Å². The van der Waals surface area contributed by atoms with Crippen molar-refractivity contribution in [2.75, 3.05) is 11.0 Å². The van der Waals surface area contributed by atoms with Crippen LogP contribution in [0.5, 0.6) is 5.75 Å². The van der Waals surface area contributed by atoms with Gasteiger partial charge in [0.1, 0.15) is 17.4 Å². The lowest BCUT2D eigenvalue weighted by atomic mass is 10.0. The maximum absolute atomic E-state index is 11.5. The van der Waals surface area contributed by atoms with E-state index in [0.717, 1.165) is 6.26 Å². The smallest absolute Gasteiger partial charge is 0.229 e. The second kappa shape index (κ2) is 7.60. The molecular formula is C21H18ClN5O3S. The summed E-state index contributed by atoms with van der Waals surface area (Å²) >= 11 is 6.32. The predicted octanol–water partition coefficient (Wildman–Crippen LogP) is 3.91. The summed E-state index contributed by atoms with van der Waals surface area (Å²) in [6, 6.07) is 14.9. The van der Waals surface area contributed by atoms with Crippen molar-refractivity contribution in [2.24, 2.45) is 5.73 Å². The number of amidine groups is 1. The number of fused-ring (bicyclic) bond motifs is 1. The number of hydrogen-bond donors (Lipinski definition) is 5. The molecule has 0 atom stereocenters. The maximum Gasteiger partial charge on any atom is 0.229 e. The van der Waals surface area contributed by atoms with E-state index in [1.54, 1.807) is 54.6 Å². The second-order valence-electron chi connectivity index (χ2n) is 7.04. The van der Waals surface area contributed by atoms with Crippen molar-refractivity contribution in [3.8, 4) is 28.3 Å². The number of aromatic nitrogens is 2. The Labute approximate surface area is 183 Å². The minimum absolute atomic E-state index is 0.0632. The predicted molar refractivity (Wildman–Crippen MR) is 123 cm³/mol. The summed E-state index contributed by atoms with van der Waals surface area (Å²) in [5.41, 5.74) is 9.12. The number of phenols is 1. The standard InChI is InChI=1S/C21H18ClN5O3S/c1-31(29,30)27-14-4-2-3-11(7-14)15-9-13(22)10-16(19(15)28)21-25-17-6-5-12(20(23)24)8-18(17)26-21/h2-10,27-28H,1H3,(H3,23,24)(H,25,26). The molecule has 10 heteroatoms. The van der Waals surface area contributed by atoms with E-state index in [2.05, 4.69) is 14.7 Å². The molecule has 31 heavy (non-hydrogen) atoms. The second-order valence-corrected chi connectivity index (χ2v) is 9.22. The highest BCUT2D eigenvalue weighted by molar-refractivity contribution is 7.92. The third-order valence-corrected chi connectivity index (χ3v) is 5.43. The summed E-state index contributed by atoms with van der Waals surface area (Å²) in [4.78, 5) is 7.65. The molecule has 0 unspecified atom stereocenters. The number of phenolic OH excluding ortho intramolecular Hbond substituents is 1. The molecule has 3 aromatic carbocycles. The van der Waals surface area contributed by atoms with Crippen molar-refractivity contribution in [1.29, 1.82) is 5.41 Å². The van der Waals surface area contributed by atoms with Gasteiger partial charge in [0.25, 0.3) is 0 Å². The first kappa shape index (κ1) is 20.7. The molecule has 0 spiro atoms. The molecule has 1 heterocycles. The molecule has 4 rings (SSSR count). The number of aromatic hydroxyl groups is 1. The van der Waals surface area contributed by atoms with Gasteiger partial charge in [-0.05, 0) is 48.0 Å². The Morgan fingerprint density at radius 2 is 1.90 bits per heavy atom. The van der Waals surface area contributed by atoms with Crippen molar-refractivity contribution in [3.63, 3.8) is 0 Å². The fourth-order valence-electron chi connectivity index (χ4n) is 3.27. The Hall–Kier alpha value is -3.56. The molecule has 158 valence electrons. The minimum atomic E-state index is -3.45. The van der Waals surface area contributed by atoms with Crippen molar-refractivity contribution in [2.45, 2.75) is 0 Å². The number of hydrogen-bond acceptors (Lipinski definition) is 5. The molecule has 0 aliphatic heterocycles. The molecule has 0 aliphatic carbocycles. The molecule has 6 N–H and O–H groups in total. The molecule has 8 nitrogen and oxygen atoms in total. The summed E-state index contributed by atoms with van der Waals surface area (Å²) in [7, 11) is -3.45. The van der Waals surface area contributed by atoms with Crippen LogP contribution in [0.4, 0.5) is 5.69 Å². The van der Waals surface area contributed by atoms with E-state index in [-0.39, 0.29) is 11.6 Å². The lowest BCUT2D eigenvalue weighted by Crippen LogP contribution is -2.10. The van der Waals surface area contributed by atoms with E-state index >= 15 is 0 Å². The van der Waals surface area contributed by atoms with E-state index in [1.807, 2.05) is 0 Å². The zero-order valence-corrected chi connectivity index (χ0v) is 17.8. The van der Waals surface area contributed by atoms with Gasteiger partial charge >= 0.3 is 0 Å². The quantitative estimate of drug-likeness (QED) is 0.229. The third kappa shape index (κ3) is 4.32. The number of nitrogens with two attached hydrogens (primary N) is 1. The number of nitrogen functional groups attached to an aromatic ring is 1. The number of imidazole rings is 1. The lowest BCUT2D eigenvalue weighted by Gasteiger charge is -2.11. The van der Waals surface area contributed by atoms with Gasteiger partial charge in [-0.3, -0.25) is 10.1 Å². The van der Waals surface area contributed by atoms with Crippen LogP contribution in [0.25, 0.3) is 33.5 Å². The number of nitrogens with one attached hydrogen (secondary N) is 3. The molecule has 0 amide bonds. The summed E-state index contributed by atoms with van der Waals surface area (Å²) in [5.74, 6) is 0.260. The number of nitrogens with zero attached hydrogens (tertiary/aromatic N) is 1. The molecular weight excluding hydrogens is 438 g/mol. The van der Waals surface area contributed by atoms with Gasteiger partial charge in [-0.25, -0.2) is 13.4 Å². The largest absolute Gasteiger partial charge is 0.507 e. The van der Waals surface area contributed by atoms with Crippen molar-refractivity contribution >= 4 is 44.2 Å². The Kier molecular flexibility index (Phi) is 5.08. The first-order chi connectivity index (χ1) is 14.6. The van der Waals surface area contributed by atoms with Crippen LogP contribution in [0.15, 0.2) is 54.6 Å². The van der Waals surface area contributed by atoms with Crippen LogP contribution in [0.3, 0.4) is 0 Å². The highest BCUT2D eigenvalue weighted by atomic mass is 35.5. The minimum Gasteiger partial charge on any atom is -0.507 e. The topological polar surface area (TPSA) is 145 Å². The molecule has 0 saturated heterocycles. The van der Waals surface area contributed by atoms with Crippen LogP contribution in [0, 0.1) is 5.41 Å². The van der Waals surface area contributed by atoms with E-state index in [4.69, 9.17) is 22.7 Å². The number of halogens is 1. The highest BCUT2D eigenvalue weighted by Gasteiger charge is 2.17. The van der Waals surface area contributed by atoms with Crippen LogP contribution < -0.4 is 10.5 Å². The number of H-pyrrole nitrogens is 1. The zero-order chi connectivity index (χ0) is 22.3. The van der Waals surface area contributed by atoms with Gasteiger partial charge in [0.05, 0.1) is 22.9 Å². The van der Waals surface area contributed by atoms with Gasteiger partial charge in [-0.2, -0.15) is 0 Å². The average Bonchev–Trinajstić information content (AvgIpc) is 3.11. The molecule has 0 aliphatic rings. The van der Waals surface area contributed by atoms with Crippen LogP contribution in [-0.2, 0) is 10.0 Å². The SMILES string of the molecule is CS(=O)(=O)Nc1cccc(-c2cc(Cl)cc(-c3nc4cc(C(=N)N)ccc4[nH]3)c2O)c1. The van der Waals surface area contributed by atoms with Crippen molar-refractivity contribution in [1.82, 2.24) is 9.97 Å². The lowest BCUT2D eigenvalue weighted by molar-refractivity contribution is 0.479. The van der Waals surface area contributed by atoms with Gasteiger partial charge in [-0.1, -0.05) is 23.7 Å². The first-order valence-electron chi connectivity index (χ1n) is 9.06. The summed E-state index contributed by atoms with van der Waals surface area (Å²) in [6.45, 7) is 0. The normalized spacial score (nSPS) is 11.5. The molecule has 0 saturated carbocycles. The highest BCUT2D eigenvalue weighted by Crippen LogP contribution is 2.40. The van der Waals surface area contributed by atoms with Crippen LogP contribution in [0.2, 0.25) is 5.02 Å². The van der Waals surface area contributed by atoms with E-state index < -0.39 is 10.0 Å². The monoisotopic (exact) mass is 455 g/mol. The maximum atomic E-state index is 11.5. The summed E-state index contributed by atoms with van der Waals surface area (Å²) < 4.78 is 25.5. The molecule has 0 bridgehead atoms. The zero-order valence-electron chi connectivity index (χ0n) is 16.3. The third-order valence-electron chi connectivity index (χ3n) is 4.60. The number of benzene rings is 3.